The lowest BCUT2D eigenvalue weighted by molar-refractivity contribution is 0.102. The molecule has 0 fully saturated rings. The molecule has 0 aliphatic rings. The second-order valence-corrected chi connectivity index (χ2v) is 4.56. The molecule has 0 saturated carbocycles. The summed E-state index contributed by atoms with van der Waals surface area (Å²) in [5.41, 5.74) is -0.160. The minimum absolute atomic E-state index is 0.0243. The van der Waals surface area contributed by atoms with Crippen LogP contribution in [0.15, 0.2) is 36.4 Å². The van der Waals surface area contributed by atoms with E-state index in [1.807, 2.05) is 0 Å². The van der Waals surface area contributed by atoms with Crippen molar-refractivity contribution in [1.82, 2.24) is 0 Å². The molecule has 0 heterocycles. The van der Waals surface area contributed by atoms with Gasteiger partial charge in [0.2, 0.25) is 0 Å². The summed E-state index contributed by atoms with van der Waals surface area (Å²) in [7, 11) is 0. The van der Waals surface area contributed by atoms with E-state index in [2.05, 4.69) is 5.32 Å². The summed E-state index contributed by atoms with van der Waals surface area (Å²) in [6.07, 6.45) is 0. The number of phenolic OH excluding ortho intramolecular Hbond substituents is 1. The molecule has 0 spiro atoms. The fourth-order valence-electron chi connectivity index (χ4n) is 1.49. The lowest BCUT2D eigenvalue weighted by atomic mass is 10.2. The average molecular weight is 300 g/mol. The van der Waals surface area contributed by atoms with E-state index in [-0.39, 0.29) is 27.0 Å². The van der Waals surface area contributed by atoms with Gasteiger partial charge in [-0.2, -0.15) is 0 Å². The van der Waals surface area contributed by atoms with Gasteiger partial charge in [0.25, 0.3) is 5.91 Å². The van der Waals surface area contributed by atoms with E-state index in [1.54, 1.807) is 0 Å². The van der Waals surface area contributed by atoms with Crippen LogP contribution >= 0.6 is 23.2 Å². The van der Waals surface area contributed by atoms with Gasteiger partial charge in [-0.05, 0) is 30.3 Å². The van der Waals surface area contributed by atoms with Crippen molar-refractivity contribution in [3.8, 4) is 5.75 Å². The summed E-state index contributed by atoms with van der Waals surface area (Å²) in [5.74, 6) is -1.63. The summed E-state index contributed by atoms with van der Waals surface area (Å²) in [6.45, 7) is 0. The number of aromatic hydroxyl groups is 1. The van der Waals surface area contributed by atoms with Crippen molar-refractivity contribution in [2.45, 2.75) is 0 Å². The monoisotopic (exact) mass is 299 g/mol. The van der Waals surface area contributed by atoms with Crippen LogP contribution in [0.5, 0.6) is 5.75 Å². The molecule has 3 nitrogen and oxygen atoms in total. The van der Waals surface area contributed by atoms with Crippen LogP contribution in [0.4, 0.5) is 10.1 Å². The molecule has 2 aromatic rings. The normalized spacial score (nSPS) is 10.3. The number of anilines is 1. The first-order valence-electron chi connectivity index (χ1n) is 5.23. The maximum absolute atomic E-state index is 13.5. The molecule has 2 aromatic carbocycles. The van der Waals surface area contributed by atoms with Gasteiger partial charge in [-0.25, -0.2) is 4.39 Å². The zero-order valence-electron chi connectivity index (χ0n) is 9.45. The minimum Gasteiger partial charge on any atom is -0.507 e. The van der Waals surface area contributed by atoms with Gasteiger partial charge in [0.15, 0.2) is 0 Å². The van der Waals surface area contributed by atoms with E-state index in [1.165, 1.54) is 36.4 Å². The van der Waals surface area contributed by atoms with Crippen molar-refractivity contribution in [3.63, 3.8) is 0 Å². The highest BCUT2D eigenvalue weighted by atomic mass is 35.5. The number of para-hydroxylation sites is 1. The number of rotatable bonds is 2. The molecule has 2 rings (SSSR count). The Hall–Kier alpha value is -1.78. The Bertz CT molecular complexity index is 626. The molecule has 19 heavy (non-hydrogen) atoms. The van der Waals surface area contributed by atoms with Crippen molar-refractivity contribution in [2.24, 2.45) is 0 Å². The topological polar surface area (TPSA) is 49.3 Å². The van der Waals surface area contributed by atoms with E-state index in [4.69, 9.17) is 23.2 Å². The van der Waals surface area contributed by atoms with Gasteiger partial charge in [0, 0.05) is 5.02 Å². The lowest BCUT2D eigenvalue weighted by Gasteiger charge is -2.09. The number of amides is 1. The van der Waals surface area contributed by atoms with Gasteiger partial charge in [0.1, 0.15) is 11.6 Å². The third-order valence-electron chi connectivity index (χ3n) is 2.41. The quantitative estimate of drug-likeness (QED) is 0.877. The van der Waals surface area contributed by atoms with E-state index >= 15 is 0 Å². The first kappa shape index (κ1) is 13.6. The van der Waals surface area contributed by atoms with E-state index < -0.39 is 11.7 Å². The zero-order valence-corrected chi connectivity index (χ0v) is 11.0. The van der Waals surface area contributed by atoms with Crippen LogP contribution in [0.1, 0.15) is 10.4 Å². The first-order chi connectivity index (χ1) is 8.99. The maximum Gasteiger partial charge on any atom is 0.259 e. The molecule has 0 radical (unpaired) electrons. The van der Waals surface area contributed by atoms with E-state index in [0.717, 1.165) is 0 Å². The number of benzene rings is 2. The Morgan fingerprint density at radius 1 is 1.21 bits per heavy atom. The Kier molecular flexibility index (Phi) is 3.93. The van der Waals surface area contributed by atoms with Crippen LogP contribution in [0.25, 0.3) is 0 Å². The molecule has 0 aliphatic heterocycles. The van der Waals surface area contributed by atoms with Crippen LogP contribution in [0, 0.1) is 5.82 Å². The number of carbonyl (C=O) groups excluding carboxylic acids is 1. The number of hydrogen-bond acceptors (Lipinski definition) is 2. The van der Waals surface area contributed by atoms with Gasteiger partial charge in [0.05, 0.1) is 16.3 Å². The Balaban J connectivity index is 2.31. The molecule has 0 saturated heterocycles. The lowest BCUT2D eigenvalue weighted by Crippen LogP contribution is -2.13. The minimum atomic E-state index is -0.679. The van der Waals surface area contributed by atoms with Crippen molar-refractivity contribution in [2.75, 3.05) is 5.32 Å². The Morgan fingerprint density at radius 2 is 1.95 bits per heavy atom. The van der Waals surface area contributed by atoms with Crippen LogP contribution in [-0.2, 0) is 0 Å². The molecule has 0 atom stereocenters. The molecule has 0 bridgehead atoms. The van der Waals surface area contributed by atoms with Gasteiger partial charge in [-0.15, -0.1) is 0 Å². The van der Waals surface area contributed by atoms with Crippen LogP contribution < -0.4 is 5.32 Å². The molecule has 0 aliphatic carbocycles. The summed E-state index contributed by atoms with van der Waals surface area (Å²) >= 11 is 11.4. The van der Waals surface area contributed by atoms with E-state index in [9.17, 15) is 14.3 Å². The molecule has 0 aromatic heterocycles. The number of halogens is 3. The standard InChI is InChI=1S/C13H8Cl2FNO2/c14-7-4-5-8(11(18)6-7)13(19)17-12-9(15)2-1-3-10(12)16/h1-6,18H,(H,17,19). The summed E-state index contributed by atoms with van der Waals surface area (Å²) in [5, 5.41) is 12.3. The van der Waals surface area contributed by atoms with Gasteiger partial charge in [-0.1, -0.05) is 29.3 Å². The van der Waals surface area contributed by atoms with E-state index in [0.29, 0.717) is 0 Å². The number of nitrogens with one attached hydrogen (secondary N) is 1. The average Bonchev–Trinajstić information content (AvgIpc) is 2.33. The maximum atomic E-state index is 13.5. The summed E-state index contributed by atoms with van der Waals surface area (Å²) in [4.78, 5) is 11.9. The zero-order chi connectivity index (χ0) is 14.0. The van der Waals surface area contributed by atoms with Crippen LogP contribution in [0.3, 0.4) is 0 Å². The van der Waals surface area contributed by atoms with Crippen LogP contribution in [0.2, 0.25) is 10.0 Å². The largest absolute Gasteiger partial charge is 0.507 e. The fourth-order valence-corrected chi connectivity index (χ4v) is 1.87. The predicted molar refractivity (Wildman–Crippen MR) is 72.5 cm³/mol. The van der Waals surface area contributed by atoms with Crippen LogP contribution in [-0.4, -0.2) is 11.0 Å². The molecular formula is C13H8Cl2FNO2. The Labute approximate surface area is 118 Å². The fraction of sp³-hybridized carbons (Fsp3) is 0. The molecule has 1 amide bonds. The van der Waals surface area contributed by atoms with Crippen molar-refractivity contribution >= 4 is 34.8 Å². The van der Waals surface area contributed by atoms with Gasteiger partial charge < -0.3 is 10.4 Å². The second kappa shape index (κ2) is 5.47. The van der Waals surface area contributed by atoms with Crippen molar-refractivity contribution < 1.29 is 14.3 Å². The van der Waals surface area contributed by atoms with Gasteiger partial charge in [-0.3, -0.25) is 4.79 Å². The number of phenols is 1. The summed E-state index contributed by atoms with van der Waals surface area (Å²) < 4.78 is 13.5. The third kappa shape index (κ3) is 2.97. The smallest absolute Gasteiger partial charge is 0.259 e. The first-order valence-corrected chi connectivity index (χ1v) is 5.98. The van der Waals surface area contributed by atoms with Crippen molar-refractivity contribution in [3.05, 3.63) is 57.8 Å². The number of carbonyl (C=O) groups is 1. The highest BCUT2D eigenvalue weighted by Gasteiger charge is 2.15. The molecule has 6 heteroatoms. The highest BCUT2D eigenvalue weighted by Crippen LogP contribution is 2.27. The molecule has 98 valence electrons. The predicted octanol–water partition coefficient (Wildman–Crippen LogP) is 4.09. The molecule has 2 N–H and O–H groups in total. The third-order valence-corrected chi connectivity index (χ3v) is 2.96. The molecular weight excluding hydrogens is 292 g/mol. The Morgan fingerprint density at radius 3 is 2.58 bits per heavy atom. The second-order valence-electron chi connectivity index (χ2n) is 3.71. The molecule has 0 unspecified atom stereocenters. The summed E-state index contributed by atoms with van der Waals surface area (Å²) in [6, 6.07) is 8.04. The SMILES string of the molecule is O=C(Nc1c(F)cccc1Cl)c1ccc(Cl)cc1O. The highest BCUT2D eigenvalue weighted by molar-refractivity contribution is 6.34. The number of hydrogen-bond donors (Lipinski definition) is 2. The van der Waals surface area contributed by atoms with Crippen molar-refractivity contribution in [1.29, 1.82) is 0 Å². The van der Waals surface area contributed by atoms with Gasteiger partial charge >= 0.3 is 0 Å².